The van der Waals surface area contributed by atoms with Gasteiger partial charge in [0.05, 0.1) is 14.2 Å². The first-order valence-corrected chi connectivity index (χ1v) is 8.56. The highest BCUT2D eigenvalue weighted by molar-refractivity contribution is 6.15. The molecule has 0 unspecified atom stereocenters. The Morgan fingerprint density at radius 1 is 1.00 bits per heavy atom. The van der Waals surface area contributed by atoms with Gasteiger partial charge in [0.1, 0.15) is 11.3 Å². The first kappa shape index (κ1) is 19.0. The molecule has 2 N–H and O–H groups in total. The van der Waals surface area contributed by atoms with Crippen LogP contribution in [0.4, 0.5) is 11.4 Å². The largest absolute Gasteiger partial charge is 0.493 e. The zero-order valence-electron chi connectivity index (χ0n) is 15.7. The minimum Gasteiger partial charge on any atom is -0.493 e. The number of hydrogen-bond donors (Lipinski definition) is 2. The number of ether oxygens (including phenoxy) is 2. The Hall–Kier alpha value is -3.74. The van der Waals surface area contributed by atoms with Gasteiger partial charge in [-0.15, -0.1) is 0 Å². The van der Waals surface area contributed by atoms with Crippen molar-refractivity contribution in [3.63, 3.8) is 0 Å². The lowest BCUT2D eigenvalue weighted by Gasteiger charge is -2.10. The van der Waals surface area contributed by atoms with Crippen LogP contribution >= 0.6 is 0 Å². The fourth-order valence-corrected chi connectivity index (χ4v) is 2.75. The number of methoxy groups -OCH3 is 2. The van der Waals surface area contributed by atoms with Crippen molar-refractivity contribution >= 4 is 34.2 Å². The number of furan rings is 1. The predicted octanol–water partition coefficient (Wildman–Crippen LogP) is 4.22. The average Bonchev–Trinajstić information content (AvgIpc) is 3.06. The number of fused-ring (bicyclic) bond motifs is 1. The van der Waals surface area contributed by atoms with Gasteiger partial charge in [-0.25, -0.2) is 0 Å². The van der Waals surface area contributed by atoms with Crippen molar-refractivity contribution in [3.05, 3.63) is 60.4 Å². The first-order valence-electron chi connectivity index (χ1n) is 8.56. The Morgan fingerprint density at radius 2 is 1.75 bits per heavy atom. The molecule has 0 aliphatic rings. The summed E-state index contributed by atoms with van der Waals surface area (Å²) >= 11 is 0. The van der Waals surface area contributed by atoms with E-state index in [0.29, 0.717) is 33.8 Å². The van der Waals surface area contributed by atoms with Crippen LogP contribution in [-0.2, 0) is 4.79 Å². The van der Waals surface area contributed by atoms with Crippen LogP contribution in [0.15, 0.2) is 59.0 Å². The molecular formula is C21H20N2O5. The summed E-state index contributed by atoms with van der Waals surface area (Å²) in [7, 11) is 3.04. The standard InChI is InChI=1S/C21H20N2O5/c1-4-7-18(24)23-19-14-8-5-6-9-15(14)28-20(19)21(25)22-13-10-11-16(26-2)17(12-13)27-3/h4-12H,1-3H3,(H,22,25)(H,23,24)/b7-4+. The third kappa shape index (κ3) is 3.83. The fourth-order valence-electron chi connectivity index (χ4n) is 2.75. The smallest absolute Gasteiger partial charge is 0.293 e. The van der Waals surface area contributed by atoms with Crippen molar-refractivity contribution in [1.29, 1.82) is 0 Å². The Balaban J connectivity index is 1.96. The number of carbonyl (C=O) groups is 2. The topological polar surface area (TPSA) is 89.8 Å². The summed E-state index contributed by atoms with van der Waals surface area (Å²) in [6, 6.07) is 12.1. The highest BCUT2D eigenvalue weighted by Crippen LogP contribution is 2.33. The van der Waals surface area contributed by atoms with Crippen LogP contribution in [0, 0.1) is 0 Å². The number of anilines is 2. The molecule has 28 heavy (non-hydrogen) atoms. The van der Waals surface area contributed by atoms with Crippen LogP contribution in [0.5, 0.6) is 11.5 Å². The predicted molar refractivity (Wildman–Crippen MR) is 107 cm³/mol. The number of hydrogen-bond acceptors (Lipinski definition) is 5. The van der Waals surface area contributed by atoms with Gasteiger partial charge in [0, 0.05) is 17.1 Å². The lowest BCUT2D eigenvalue weighted by molar-refractivity contribution is -0.111. The Morgan fingerprint density at radius 3 is 2.46 bits per heavy atom. The van der Waals surface area contributed by atoms with Gasteiger partial charge in [-0.2, -0.15) is 0 Å². The lowest BCUT2D eigenvalue weighted by Crippen LogP contribution is -2.15. The van der Waals surface area contributed by atoms with Crippen molar-refractivity contribution in [2.75, 3.05) is 24.9 Å². The average molecular weight is 380 g/mol. The molecule has 0 aliphatic carbocycles. The van der Waals surface area contributed by atoms with E-state index in [1.165, 1.54) is 20.3 Å². The van der Waals surface area contributed by atoms with Gasteiger partial charge in [-0.1, -0.05) is 18.2 Å². The maximum atomic E-state index is 12.9. The van der Waals surface area contributed by atoms with E-state index < -0.39 is 5.91 Å². The second-order valence-corrected chi connectivity index (χ2v) is 5.82. The monoisotopic (exact) mass is 380 g/mol. The van der Waals surface area contributed by atoms with Gasteiger partial charge in [0.15, 0.2) is 11.5 Å². The van der Waals surface area contributed by atoms with Crippen molar-refractivity contribution in [3.8, 4) is 11.5 Å². The third-order valence-corrected chi connectivity index (χ3v) is 4.01. The molecule has 3 aromatic rings. The van der Waals surface area contributed by atoms with E-state index in [-0.39, 0.29) is 11.7 Å². The highest BCUT2D eigenvalue weighted by atomic mass is 16.5. The summed E-state index contributed by atoms with van der Waals surface area (Å²) in [6.45, 7) is 1.73. The molecule has 1 heterocycles. The van der Waals surface area contributed by atoms with E-state index >= 15 is 0 Å². The van der Waals surface area contributed by atoms with Gasteiger partial charge in [0.2, 0.25) is 11.7 Å². The summed E-state index contributed by atoms with van der Waals surface area (Å²) < 4.78 is 16.2. The molecule has 0 bridgehead atoms. The van der Waals surface area contributed by atoms with E-state index in [0.717, 1.165) is 0 Å². The minimum absolute atomic E-state index is 0.00818. The number of nitrogens with one attached hydrogen (secondary N) is 2. The fraction of sp³-hybridized carbons (Fsp3) is 0.143. The second-order valence-electron chi connectivity index (χ2n) is 5.82. The van der Waals surface area contributed by atoms with E-state index in [2.05, 4.69) is 10.6 Å². The molecule has 3 rings (SSSR count). The van der Waals surface area contributed by atoms with Crippen molar-refractivity contribution in [2.24, 2.45) is 0 Å². The number of para-hydroxylation sites is 1. The van der Waals surface area contributed by atoms with Gasteiger partial charge >= 0.3 is 0 Å². The number of allylic oxidation sites excluding steroid dienone is 1. The Labute approximate surface area is 161 Å². The van der Waals surface area contributed by atoms with Crippen LogP contribution in [0.3, 0.4) is 0 Å². The van der Waals surface area contributed by atoms with Gasteiger partial charge in [-0.05, 0) is 37.3 Å². The normalized spacial score (nSPS) is 10.8. The van der Waals surface area contributed by atoms with Crippen LogP contribution < -0.4 is 20.1 Å². The third-order valence-electron chi connectivity index (χ3n) is 4.01. The van der Waals surface area contributed by atoms with Crippen molar-refractivity contribution < 1.29 is 23.5 Å². The van der Waals surface area contributed by atoms with Crippen LogP contribution in [-0.4, -0.2) is 26.0 Å². The molecule has 0 atom stereocenters. The molecule has 1 aromatic heterocycles. The molecule has 0 aliphatic heterocycles. The summed E-state index contributed by atoms with van der Waals surface area (Å²) in [4.78, 5) is 24.9. The summed E-state index contributed by atoms with van der Waals surface area (Å²) in [5.41, 5.74) is 1.31. The van der Waals surface area contributed by atoms with Crippen LogP contribution in [0.2, 0.25) is 0 Å². The molecule has 2 aromatic carbocycles. The van der Waals surface area contributed by atoms with Crippen molar-refractivity contribution in [1.82, 2.24) is 0 Å². The summed E-state index contributed by atoms with van der Waals surface area (Å²) in [5, 5.41) is 6.11. The minimum atomic E-state index is -0.501. The molecule has 0 saturated carbocycles. The van der Waals surface area contributed by atoms with E-state index in [9.17, 15) is 9.59 Å². The Kier molecular flexibility index (Phi) is 5.64. The number of carbonyl (C=O) groups excluding carboxylic acids is 2. The number of benzene rings is 2. The maximum Gasteiger partial charge on any atom is 0.293 e. The van der Waals surface area contributed by atoms with Crippen LogP contribution in [0.25, 0.3) is 11.0 Å². The molecule has 7 heteroatoms. The molecule has 144 valence electrons. The van der Waals surface area contributed by atoms with Crippen LogP contribution in [0.1, 0.15) is 17.5 Å². The lowest BCUT2D eigenvalue weighted by atomic mass is 10.2. The van der Waals surface area contributed by atoms with E-state index in [1.807, 2.05) is 0 Å². The number of rotatable bonds is 6. The quantitative estimate of drug-likeness (QED) is 0.625. The molecule has 0 spiro atoms. The maximum absolute atomic E-state index is 12.9. The van der Waals surface area contributed by atoms with Crippen molar-refractivity contribution in [2.45, 2.75) is 6.92 Å². The molecule has 0 fully saturated rings. The van der Waals surface area contributed by atoms with Gasteiger partial charge < -0.3 is 24.5 Å². The zero-order valence-corrected chi connectivity index (χ0v) is 15.7. The summed E-state index contributed by atoms with van der Waals surface area (Å²) in [5.74, 6) is 0.178. The Bertz CT molecular complexity index is 1050. The SMILES string of the molecule is C/C=C/C(=O)Nc1c(C(=O)Nc2ccc(OC)c(OC)c2)oc2ccccc12. The zero-order chi connectivity index (χ0) is 20.1. The second kappa shape index (κ2) is 8.30. The van der Waals surface area contributed by atoms with Gasteiger partial charge in [-0.3, -0.25) is 9.59 Å². The molecule has 0 radical (unpaired) electrons. The molecule has 7 nitrogen and oxygen atoms in total. The van der Waals surface area contributed by atoms with E-state index in [1.54, 1.807) is 55.5 Å². The summed E-state index contributed by atoms with van der Waals surface area (Å²) in [6.07, 6.45) is 2.98. The molecule has 2 amide bonds. The first-order chi connectivity index (χ1) is 13.6. The highest BCUT2D eigenvalue weighted by Gasteiger charge is 2.22. The number of amides is 2. The molecular weight excluding hydrogens is 360 g/mol. The van der Waals surface area contributed by atoms with Gasteiger partial charge in [0.25, 0.3) is 5.91 Å². The molecule has 0 saturated heterocycles. The van der Waals surface area contributed by atoms with E-state index in [4.69, 9.17) is 13.9 Å².